The molecule has 94 valence electrons. The van der Waals surface area contributed by atoms with Crippen LogP contribution in [0.4, 0.5) is 10.1 Å². The Kier molecular flexibility index (Phi) is 3.77. The zero-order valence-electron chi connectivity index (χ0n) is 10.1. The molecular formula is C13H13ClFN3. The van der Waals surface area contributed by atoms with Crippen LogP contribution in [0.5, 0.6) is 0 Å². The quantitative estimate of drug-likeness (QED) is 0.859. The fourth-order valence-electron chi connectivity index (χ4n) is 1.63. The van der Waals surface area contributed by atoms with Crippen LogP contribution in [0.1, 0.15) is 24.2 Å². The molecule has 18 heavy (non-hydrogen) atoms. The molecule has 2 heterocycles. The summed E-state index contributed by atoms with van der Waals surface area (Å²) in [5, 5.41) is 3.66. The number of aromatic nitrogens is 2. The Morgan fingerprint density at radius 1 is 1.28 bits per heavy atom. The fraction of sp³-hybridized carbons (Fsp3) is 0.231. The first-order valence-electron chi connectivity index (χ1n) is 5.57. The summed E-state index contributed by atoms with van der Waals surface area (Å²) in [4.78, 5) is 8.06. The van der Waals surface area contributed by atoms with Gasteiger partial charge in [-0.15, -0.1) is 0 Å². The highest BCUT2D eigenvalue weighted by Crippen LogP contribution is 2.26. The lowest BCUT2D eigenvalue weighted by atomic mass is 10.2. The van der Waals surface area contributed by atoms with Gasteiger partial charge in [0, 0.05) is 6.20 Å². The Morgan fingerprint density at radius 2 is 2.06 bits per heavy atom. The van der Waals surface area contributed by atoms with Crippen molar-refractivity contribution in [1.82, 2.24) is 9.97 Å². The lowest BCUT2D eigenvalue weighted by Crippen LogP contribution is -2.10. The molecular weight excluding hydrogens is 253 g/mol. The van der Waals surface area contributed by atoms with E-state index in [9.17, 15) is 4.39 Å². The van der Waals surface area contributed by atoms with Gasteiger partial charge in [-0.2, -0.15) is 0 Å². The Labute approximate surface area is 110 Å². The van der Waals surface area contributed by atoms with Gasteiger partial charge >= 0.3 is 0 Å². The number of halogens is 2. The third-order valence-corrected chi connectivity index (χ3v) is 2.95. The topological polar surface area (TPSA) is 37.8 Å². The number of hydrogen-bond donors (Lipinski definition) is 1. The number of nitrogens with zero attached hydrogens (tertiary/aromatic N) is 2. The van der Waals surface area contributed by atoms with E-state index in [1.54, 1.807) is 12.3 Å². The summed E-state index contributed by atoms with van der Waals surface area (Å²) in [5.41, 5.74) is 2.53. The van der Waals surface area contributed by atoms with Crippen LogP contribution in [0.15, 0.2) is 30.6 Å². The summed E-state index contributed by atoms with van der Waals surface area (Å²) in [6, 6.07) is 4.83. The van der Waals surface area contributed by atoms with Crippen LogP contribution in [-0.4, -0.2) is 9.97 Å². The van der Waals surface area contributed by atoms with Gasteiger partial charge in [-0.3, -0.25) is 4.98 Å². The standard InChI is InChI=1S/C13H13ClFN3/c1-8-5-6-16-13(14)12(8)18-9(2)11-4-3-10(15)7-17-11/h3-7,9,18H,1-2H3. The number of aryl methyl sites for hydroxylation is 1. The van der Waals surface area contributed by atoms with Crippen LogP contribution < -0.4 is 5.32 Å². The monoisotopic (exact) mass is 265 g/mol. The smallest absolute Gasteiger partial charge is 0.152 e. The number of rotatable bonds is 3. The molecule has 0 aromatic carbocycles. The molecule has 1 atom stereocenters. The minimum atomic E-state index is -0.346. The van der Waals surface area contributed by atoms with E-state index < -0.39 is 0 Å². The van der Waals surface area contributed by atoms with Crippen molar-refractivity contribution in [3.63, 3.8) is 0 Å². The van der Waals surface area contributed by atoms with Gasteiger partial charge in [-0.25, -0.2) is 9.37 Å². The van der Waals surface area contributed by atoms with Crippen LogP contribution in [0.3, 0.4) is 0 Å². The maximum absolute atomic E-state index is 12.8. The highest BCUT2D eigenvalue weighted by molar-refractivity contribution is 6.32. The van der Waals surface area contributed by atoms with Crippen molar-refractivity contribution in [3.8, 4) is 0 Å². The summed E-state index contributed by atoms with van der Waals surface area (Å²) >= 11 is 6.03. The molecule has 0 amide bonds. The van der Waals surface area contributed by atoms with E-state index in [4.69, 9.17) is 11.6 Å². The van der Waals surface area contributed by atoms with E-state index >= 15 is 0 Å². The van der Waals surface area contributed by atoms with Gasteiger partial charge in [-0.05, 0) is 37.6 Å². The normalized spacial score (nSPS) is 12.2. The van der Waals surface area contributed by atoms with E-state index in [0.29, 0.717) is 5.15 Å². The second-order valence-corrected chi connectivity index (χ2v) is 4.42. The Hall–Kier alpha value is -1.68. The van der Waals surface area contributed by atoms with Crippen molar-refractivity contribution < 1.29 is 4.39 Å². The molecule has 2 aromatic heterocycles. The molecule has 1 N–H and O–H groups in total. The SMILES string of the molecule is Cc1ccnc(Cl)c1NC(C)c1ccc(F)cn1. The second kappa shape index (κ2) is 5.31. The van der Waals surface area contributed by atoms with Crippen LogP contribution >= 0.6 is 11.6 Å². The average Bonchev–Trinajstić information content (AvgIpc) is 2.34. The van der Waals surface area contributed by atoms with Gasteiger partial charge in [-0.1, -0.05) is 11.6 Å². The first-order chi connectivity index (χ1) is 8.58. The zero-order chi connectivity index (χ0) is 13.1. The summed E-state index contributed by atoms with van der Waals surface area (Å²) in [7, 11) is 0. The van der Waals surface area contributed by atoms with Crippen molar-refractivity contribution in [2.45, 2.75) is 19.9 Å². The van der Waals surface area contributed by atoms with Crippen molar-refractivity contribution >= 4 is 17.3 Å². The Bertz CT molecular complexity index is 522. The second-order valence-electron chi connectivity index (χ2n) is 4.06. The average molecular weight is 266 g/mol. The van der Waals surface area contributed by atoms with Crippen molar-refractivity contribution in [1.29, 1.82) is 0 Å². The van der Waals surface area contributed by atoms with E-state index in [-0.39, 0.29) is 11.9 Å². The highest BCUT2D eigenvalue weighted by atomic mass is 35.5. The number of pyridine rings is 2. The lowest BCUT2D eigenvalue weighted by Gasteiger charge is -2.17. The lowest BCUT2D eigenvalue weighted by molar-refractivity contribution is 0.617. The minimum Gasteiger partial charge on any atom is -0.374 e. The highest BCUT2D eigenvalue weighted by Gasteiger charge is 2.11. The number of anilines is 1. The van der Waals surface area contributed by atoms with E-state index in [1.165, 1.54) is 12.3 Å². The predicted molar refractivity (Wildman–Crippen MR) is 70.2 cm³/mol. The molecule has 0 aliphatic carbocycles. The molecule has 0 fully saturated rings. The van der Waals surface area contributed by atoms with Gasteiger partial charge in [0.2, 0.25) is 0 Å². The number of nitrogens with one attached hydrogen (secondary N) is 1. The van der Waals surface area contributed by atoms with Gasteiger partial charge in [0.25, 0.3) is 0 Å². The molecule has 0 saturated carbocycles. The zero-order valence-corrected chi connectivity index (χ0v) is 10.9. The van der Waals surface area contributed by atoms with E-state index in [0.717, 1.165) is 16.9 Å². The Balaban J connectivity index is 2.21. The summed E-state index contributed by atoms with van der Waals surface area (Å²) in [6.07, 6.45) is 2.86. The maximum atomic E-state index is 12.8. The van der Waals surface area contributed by atoms with Gasteiger partial charge in [0.05, 0.1) is 23.6 Å². The molecule has 0 aliphatic heterocycles. The molecule has 1 unspecified atom stereocenters. The molecule has 0 spiro atoms. The van der Waals surface area contributed by atoms with Crippen LogP contribution in [0.2, 0.25) is 5.15 Å². The summed E-state index contributed by atoms with van der Waals surface area (Å²) < 4.78 is 12.8. The van der Waals surface area contributed by atoms with Crippen molar-refractivity contribution in [3.05, 3.63) is 52.8 Å². The molecule has 5 heteroatoms. The summed E-state index contributed by atoms with van der Waals surface area (Å²) in [6.45, 7) is 3.88. The largest absolute Gasteiger partial charge is 0.374 e. The van der Waals surface area contributed by atoms with Gasteiger partial charge in [0.15, 0.2) is 5.15 Å². The third-order valence-electron chi connectivity index (χ3n) is 2.67. The first kappa shape index (κ1) is 12.8. The van der Waals surface area contributed by atoms with Gasteiger partial charge in [0.1, 0.15) is 5.82 Å². The fourth-order valence-corrected chi connectivity index (χ4v) is 1.89. The molecule has 0 saturated heterocycles. The maximum Gasteiger partial charge on any atom is 0.152 e. The molecule has 2 aromatic rings. The van der Waals surface area contributed by atoms with E-state index in [1.807, 2.05) is 19.9 Å². The molecule has 0 radical (unpaired) electrons. The van der Waals surface area contributed by atoms with Crippen LogP contribution in [0, 0.1) is 12.7 Å². The third kappa shape index (κ3) is 2.76. The van der Waals surface area contributed by atoms with Crippen LogP contribution in [-0.2, 0) is 0 Å². The molecule has 2 rings (SSSR count). The predicted octanol–water partition coefficient (Wildman–Crippen LogP) is 3.75. The molecule has 0 aliphatic rings. The van der Waals surface area contributed by atoms with Crippen molar-refractivity contribution in [2.75, 3.05) is 5.32 Å². The first-order valence-corrected chi connectivity index (χ1v) is 5.95. The molecule has 0 bridgehead atoms. The van der Waals surface area contributed by atoms with Crippen LogP contribution in [0.25, 0.3) is 0 Å². The minimum absolute atomic E-state index is 0.0778. The number of hydrogen-bond acceptors (Lipinski definition) is 3. The summed E-state index contributed by atoms with van der Waals surface area (Å²) in [5.74, 6) is -0.346. The Morgan fingerprint density at radius 3 is 2.67 bits per heavy atom. The van der Waals surface area contributed by atoms with E-state index in [2.05, 4.69) is 15.3 Å². The van der Waals surface area contributed by atoms with Gasteiger partial charge < -0.3 is 5.32 Å². The van der Waals surface area contributed by atoms with Crippen molar-refractivity contribution in [2.24, 2.45) is 0 Å². The molecule has 3 nitrogen and oxygen atoms in total.